The van der Waals surface area contributed by atoms with Gasteiger partial charge in [0, 0.05) is 32.6 Å². The van der Waals surface area contributed by atoms with Gasteiger partial charge in [-0.15, -0.1) is 0 Å². The van der Waals surface area contributed by atoms with Crippen LogP contribution in [0.5, 0.6) is 0 Å². The Hall–Kier alpha value is -1.99. The van der Waals surface area contributed by atoms with E-state index >= 15 is 0 Å². The van der Waals surface area contributed by atoms with Crippen molar-refractivity contribution < 1.29 is 65.4 Å². The summed E-state index contributed by atoms with van der Waals surface area (Å²) in [6.45, 7) is 0.831. The first-order chi connectivity index (χ1) is 24.8. The Kier molecular flexibility index (Phi) is 30.2. The molecule has 12 N–H and O–H groups in total. The molecule has 0 heterocycles. The Morgan fingerprint density at radius 3 is 1.13 bits per heavy atom. The molecule has 16 heteroatoms. The third kappa shape index (κ3) is 22.3. The number of rotatable bonds is 34. The smallest absolute Gasteiger partial charge is 0.251 e. The molecule has 0 aromatic carbocycles. The molecule has 0 fully saturated rings. The Morgan fingerprint density at radius 1 is 0.481 bits per heavy atom. The average Bonchev–Trinajstić information content (AvgIpc) is 3.15. The normalized spacial score (nSPS) is 16.3. The van der Waals surface area contributed by atoms with Gasteiger partial charge in [-0.25, -0.2) is 0 Å². The van der Waals surface area contributed by atoms with Gasteiger partial charge in [-0.2, -0.15) is 0 Å². The van der Waals surface area contributed by atoms with Gasteiger partial charge in [0.25, 0.3) is 11.8 Å². The summed E-state index contributed by atoms with van der Waals surface area (Å²) < 4.78 is 0. The number of aliphatic hydroxyl groups excluding tert-OH is 10. The summed E-state index contributed by atoms with van der Waals surface area (Å²) in [7, 11) is 0. The first-order valence-corrected chi connectivity index (χ1v) is 19.3. The summed E-state index contributed by atoms with van der Waals surface area (Å²) in [6.07, 6.45) is 3.04. The zero-order chi connectivity index (χ0) is 39.3. The second-order valence-electron chi connectivity index (χ2n) is 13.7. The highest BCUT2D eigenvalue weighted by atomic mass is 16.4. The molecule has 0 saturated carbocycles. The number of hydrogen-bond acceptors (Lipinski definition) is 13. The van der Waals surface area contributed by atoms with Crippen LogP contribution >= 0.6 is 0 Å². The standard InChI is InChI=1S/C36H71N3O13/c1-2-3-4-5-6-7-8-9-10-11-12-13-14-15-16-19-28(44)39(22-17-20-37-35(51)33(49)31(47)29(45)26(42)24-40)23-18-21-38-36(52)34(50)32(48)30(46)27(43)25-41/h26-27,29-34,40-43,45-50H,2-25H2,1H3,(H,37,51)(H,38,52)/t26-,27-,29-,30-,31+,32+,33-,34-/m1/s1. The van der Waals surface area contributed by atoms with Gasteiger partial charge < -0.3 is 66.6 Å². The molecule has 0 aliphatic carbocycles. The molecule has 8 atom stereocenters. The van der Waals surface area contributed by atoms with Gasteiger partial charge in [0.15, 0.2) is 12.2 Å². The minimum absolute atomic E-state index is 0.00711. The molecule has 308 valence electrons. The summed E-state index contributed by atoms with van der Waals surface area (Å²) in [5.74, 6) is -2.18. The van der Waals surface area contributed by atoms with Gasteiger partial charge in [0.2, 0.25) is 5.91 Å². The fourth-order valence-corrected chi connectivity index (χ4v) is 5.69. The summed E-state index contributed by atoms with van der Waals surface area (Å²) in [6, 6.07) is 0. The summed E-state index contributed by atoms with van der Waals surface area (Å²) in [5.41, 5.74) is 0. The minimum Gasteiger partial charge on any atom is -0.394 e. The molecule has 0 spiro atoms. The van der Waals surface area contributed by atoms with E-state index in [0.29, 0.717) is 12.8 Å². The third-order valence-corrected chi connectivity index (χ3v) is 9.20. The number of aliphatic hydroxyl groups is 10. The number of nitrogens with zero attached hydrogens (tertiary/aromatic N) is 1. The molecule has 0 aromatic rings. The highest BCUT2D eigenvalue weighted by molar-refractivity contribution is 5.81. The van der Waals surface area contributed by atoms with Crippen LogP contribution in [0, 0.1) is 0 Å². The molecule has 0 rings (SSSR count). The number of carbonyl (C=O) groups is 3. The maximum atomic E-state index is 13.1. The predicted octanol–water partition coefficient (Wildman–Crippen LogP) is -1.04. The van der Waals surface area contributed by atoms with Crippen molar-refractivity contribution in [3.8, 4) is 0 Å². The van der Waals surface area contributed by atoms with Crippen LogP contribution in [-0.2, 0) is 14.4 Å². The van der Waals surface area contributed by atoms with Crippen LogP contribution < -0.4 is 10.6 Å². The van der Waals surface area contributed by atoms with E-state index in [4.69, 9.17) is 10.2 Å². The quantitative estimate of drug-likeness (QED) is 0.0351. The molecule has 16 nitrogen and oxygen atoms in total. The predicted molar refractivity (Wildman–Crippen MR) is 194 cm³/mol. The molecular formula is C36H71N3O13. The van der Waals surface area contributed by atoms with Gasteiger partial charge in [-0.1, -0.05) is 96.8 Å². The van der Waals surface area contributed by atoms with E-state index in [2.05, 4.69) is 17.6 Å². The number of amides is 3. The van der Waals surface area contributed by atoms with Crippen LogP contribution in [0.15, 0.2) is 0 Å². The SMILES string of the molecule is CCCCCCCCCCCCCCCCCC(=O)N(CCCNC(=O)[C@H](O)[C@@H](O)[C@H](O)[C@H](O)CO)CCCNC(=O)[C@H](O)[C@@H](O)[C@H](O)[C@H](O)CO. The van der Waals surface area contributed by atoms with Crippen LogP contribution in [0.25, 0.3) is 0 Å². The molecule has 3 amide bonds. The highest BCUT2D eigenvalue weighted by Crippen LogP contribution is 2.14. The third-order valence-electron chi connectivity index (χ3n) is 9.20. The van der Waals surface area contributed by atoms with Crippen molar-refractivity contribution in [1.82, 2.24) is 15.5 Å². The maximum absolute atomic E-state index is 13.1. The molecule has 0 aromatic heterocycles. The number of nitrogens with one attached hydrogen (secondary N) is 2. The molecule has 0 aliphatic rings. The minimum atomic E-state index is -2.08. The molecule has 0 unspecified atom stereocenters. The second-order valence-corrected chi connectivity index (χ2v) is 13.7. The van der Waals surface area contributed by atoms with E-state index in [0.717, 1.165) is 19.3 Å². The van der Waals surface area contributed by atoms with Gasteiger partial charge in [0.05, 0.1) is 13.2 Å². The van der Waals surface area contributed by atoms with Crippen molar-refractivity contribution in [2.75, 3.05) is 39.4 Å². The summed E-state index contributed by atoms with van der Waals surface area (Å²) in [5, 5.41) is 101. The molecule has 0 bridgehead atoms. The Morgan fingerprint density at radius 2 is 0.808 bits per heavy atom. The number of hydrogen-bond donors (Lipinski definition) is 12. The monoisotopic (exact) mass is 753 g/mol. The fourth-order valence-electron chi connectivity index (χ4n) is 5.69. The number of carbonyl (C=O) groups excluding carboxylic acids is 3. The van der Waals surface area contributed by atoms with E-state index in [1.807, 2.05) is 0 Å². The lowest BCUT2D eigenvalue weighted by molar-refractivity contribution is -0.149. The van der Waals surface area contributed by atoms with Crippen molar-refractivity contribution in [2.45, 2.75) is 171 Å². The Balaban J connectivity index is 4.74. The van der Waals surface area contributed by atoms with Crippen molar-refractivity contribution in [3.63, 3.8) is 0 Å². The van der Waals surface area contributed by atoms with Gasteiger partial charge >= 0.3 is 0 Å². The first-order valence-electron chi connectivity index (χ1n) is 19.3. The average molecular weight is 754 g/mol. The van der Waals surface area contributed by atoms with E-state index in [1.54, 1.807) is 4.90 Å². The van der Waals surface area contributed by atoms with E-state index < -0.39 is 73.9 Å². The summed E-state index contributed by atoms with van der Waals surface area (Å²) in [4.78, 5) is 39.2. The Labute approximate surface area is 309 Å². The van der Waals surface area contributed by atoms with Gasteiger partial charge in [-0.3, -0.25) is 14.4 Å². The molecular weight excluding hydrogens is 682 g/mol. The lowest BCUT2D eigenvalue weighted by Crippen LogP contribution is -2.52. The highest BCUT2D eigenvalue weighted by Gasteiger charge is 2.35. The summed E-state index contributed by atoms with van der Waals surface area (Å²) >= 11 is 0. The van der Waals surface area contributed by atoms with Crippen LogP contribution in [-0.4, -0.2) is 162 Å². The van der Waals surface area contributed by atoms with Gasteiger partial charge in [-0.05, 0) is 19.3 Å². The number of unbranched alkanes of at least 4 members (excludes halogenated alkanes) is 14. The first kappa shape index (κ1) is 50.0. The van der Waals surface area contributed by atoms with E-state index in [9.17, 15) is 55.2 Å². The molecule has 0 aliphatic heterocycles. The zero-order valence-electron chi connectivity index (χ0n) is 31.2. The largest absolute Gasteiger partial charge is 0.394 e. The molecule has 0 radical (unpaired) electrons. The topological polar surface area (TPSA) is 281 Å². The second kappa shape index (κ2) is 31.4. The van der Waals surface area contributed by atoms with Crippen LogP contribution in [0.1, 0.15) is 122 Å². The van der Waals surface area contributed by atoms with Crippen molar-refractivity contribution >= 4 is 17.7 Å². The lowest BCUT2D eigenvalue weighted by atomic mass is 10.0. The van der Waals surface area contributed by atoms with Crippen LogP contribution in [0.4, 0.5) is 0 Å². The van der Waals surface area contributed by atoms with Crippen molar-refractivity contribution in [2.24, 2.45) is 0 Å². The molecule has 0 saturated heterocycles. The van der Waals surface area contributed by atoms with Crippen LogP contribution in [0.3, 0.4) is 0 Å². The van der Waals surface area contributed by atoms with E-state index in [-0.39, 0.29) is 44.9 Å². The van der Waals surface area contributed by atoms with Crippen LogP contribution in [0.2, 0.25) is 0 Å². The van der Waals surface area contributed by atoms with Crippen molar-refractivity contribution in [1.29, 1.82) is 0 Å². The Bertz CT molecular complexity index is 871. The lowest BCUT2D eigenvalue weighted by Gasteiger charge is -2.26. The van der Waals surface area contributed by atoms with E-state index in [1.165, 1.54) is 70.6 Å². The zero-order valence-corrected chi connectivity index (χ0v) is 31.2. The van der Waals surface area contributed by atoms with Gasteiger partial charge in [0.1, 0.15) is 36.6 Å². The molecule has 52 heavy (non-hydrogen) atoms. The van der Waals surface area contributed by atoms with Crippen molar-refractivity contribution in [3.05, 3.63) is 0 Å². The fraction of sp³-hybridized carbons (Fsp3) is 0.917. The maximum Gasteiger partial charge on any atom is 0.251 e.